The predicted molar refractivity (Wildman–Crippen MR) is 96.7 cm³/mol. The molecule has 131 valence electrons. The van der Waals surface area contributed by atoms with Crippen molar-refractivity contribution < 1.29 is 13.6 Å². The van der Waals surface area contributed by atoms with Crippen molar-refractivity contribution in [3.63, 3.8) is 0 Å². The molecule has 0 heterocycles. The van der Waals surface area contributed by atoms with Crippen molar-refractivity contribution in [2.45, 2.75) is 91.0 Å². The van der Waals surface area contributed by atoms with E-state index in [9.17, 15) is 4.79 Å². The highest BCUT2D eigenvalue weighted by molar-refractivity contribution is 6.54. The summed E-state index contributed by atoms with van der Waals surface area (Å²) in [5.74, 6) is 0.804. The lowest BCUT2D eigenvalue weighted by atomic mass is 9.84. The molecule has 4 atom stereocenters. The summed E-state index contributed by atoms with van der Waals surface area (Å²) in [5.41, 5.74) is 0.786. The molecular weight excluding hydrogens is 320 g/mol. The smallest absolute Gasteiger partial charge is 0.298 e. The zero-order valence-corrected chi connectivity index (χ0v) is 17.9. The van der Waals surface area contributed by atoms with Crippen LogP contribution in [0.4, 0.5) is 0 Å². The van der Waals surface area contributed by atoms with E-state index < -0.39 is 9.04 Å². The van der Waals surface area contributed by atoms with Crippen molar-refractivity contribution in [3.05, 3.63) is 0 Å². The molecular formula is C18H33O3Si2. The zero-order valence-electron chi connectivity index (χ0n) is 15.9. The minimum absolute atomic E-state index is 0.0924. The van der Waals surface area contributed by atoms with Crippen LogP contribution in [0.15, 0.2) is 0 Å². The van der Waals surface area contributed by atoms with Crippen LogP contribution >= 0.6 is 0 Å². The average Bonchev–Trinajstić information content (AvgIpc) is 3.02. The van der Waals surface area contributed by atoms with Gasteiger partial charge < -0.3 is 8.85 Å². The van der Waals surface area contributed by atoms with E-state index in [1.54, 1.807) is 0 Å². The molecule has 2 rings (SSSR count). The third-order valence-corrected chi connectivity index (χ3v) is 10.2. The molecule has 0 spiro atoms. The Balaban J connectivity index is 2.04. The second-order valence-electron chi connectivity index (χ2n) is 8.93. The minimum Gasteiger partial charge on any atom is -0.517 e. The number of rotatable bonds is 6. The Hall–Kier alpha value is -0.136. The SMILES string of the molecule is CC(C)O[Si]C1CC2CCC1(C(=O)O[Si](C)C(C)C(C)(C)C)C2. The van der Waals surface area contributed by atoms with E-state index in [0.29, 0.717) is 26.8 Å². The number of hydrogen-bond acceptors (Lipinski definition) is 3. The van der Waals surface area contributed by atoms with Crippen LogP contribution < -0.4 is 0 Å². The van der Waals surface area contributed by atoms with Crippen LogP contribution in [0.1, 0.15) is 67.2 Å². The van der Waals surface area contributed by atoms with Crippen molar-refractivity contribution in [3.8, 4) is 0 Å². The molecule has 2 saturated carbocycles. The molecule has 0 aromatic carbocycles. The minimum atomic E-state index is -1.13. The van der Waals surface area contributed by atoms with Crippen molar-refractivity contribution >= 4 is 24.8 Å². The lowest BCUT2D eigenvalue weighted by Crippen LogP contribution is -2.41. The van der Waals surface area contributed by atoms with E-state index in [0.717, 1.165) is 19.3 Å². The number of hydrogen-bond donors (Lipinski definition) is 0. The van der Waals surface area contributed by atoms with E-state index in [4.69, 9.17) is 8.85 Å². The van der Waals surface area contributed by atoms with Gasteiger partial charge in [-0.15, -0.1) is 0 Å². The van der Waals surface area contributed by atoms with Gasteiger partial charge in [0, 0.05) is 6.10 Å². The molecule has 3 radical (unpaired) electrons. The molecule has 23 heavy (non-hydrogen) atoms. The highest BCUT2D eigenvalue weighted by Crippen LogP contribution is 2.61. The Labute approximate surface area is 146 Å². The Morgan fingerprint density at radius 1 is 1.30 bits per heavy atom. The van der Waals surface area contributed by atoms with Crippen LogP contribution in [0.3, 0.4) is 0 Å². The fraction of sp³-hybridized carbons (Fsp3) is 0.944. The highest BCUT2D eigenvalue weighted by Gasteiger charge is 2.58. The van der Waals surface area contributed by atoms with Gasteiger partial charge in [0.25, 0.3) is 15.0 Å². The third-order valence-electron chi connectivity index (χ3n) is 5.90. The summed E-state index contributed by atoms with van der Waals surface area (Å²) in [6.07, 6.45) is 4.63. The zero-order chi connectivity index (χ0) is 17.4. The first-order valence-corrected chi connectivity index (χ1v) is 12.0. The molecule has 2 fully saturated rings. The maximum Gasteiger partial charge on any atom is 0.298 e. The fourth-order valence-electron chi connectivity index (χ4n) is 3.91. The van der Waals surface area contributed by atoms with Crippen molar-refractivity contribution in [1.29, 1.82) is 0 Å². The molecule has 0 aromatic rings. The molecule has 2 aliphatic rings. The molecule has 4 unspecified atom stereocenters. The summed E-state index contributed by atoms with van der Waals surface area (Å²) in [6.45, 7) is 15.2. The quantitative estimate of drug-likeness (QED) is 0.654. The van der Waals surface area contributed by atoms with Crippen LogP contribution in [-0.4, -0.2) is 30.9 Å². The van der Waals surface area contributed by atoms with Gasteiger partial charge in [0.2, 0.25) is 9.76 Å². The molecule has 0 aliphatic heterocycles. The third kappa shape index (κ3) is 4.10. The Morgan fingerprint density at radius 2 is 1.96 bits per heavy atom. The summed E-state index contributed by atoms with van der Waals surface area (Å²) in [4.78, 5) is 13.1. The standard InChI is InChI=1S/C18H33O3Si2/c1-12(2)20-22-15-10-14-8-9-18(15,11-14)16(19)21-23(7)13(3)17(4,5)6/h12-15H,8-11H2,1-7H3. The van der Waals surface area contributed by atoms with Gasteiger partial charge in [0.05, 0.1) is 5.41 Å². The fourth-order valence-corrected chi connectivity index (χ4v) is 7.27. The molecule has 2 aliphatic carbocycles. The van der Waals surface area contributed by atoms with Gasteiger partial charge in [0.1, 0.15) is 0 Å². The van der Waals surface area contributed by atoms with Crippen molar-refractivity contribution in [2.75, 3.05) is 0 Å². The van der Waals surface area contributed by atoms with Crippen LogP contribution in [-0.2, 0) is 13.6 Å². The first kappa shape index (κ1) is 19.2. The molecule has 0 amide bonds. The maximum absolute atomic E-state index is 13.1. The Bertz CT molecular complexity index is 432. The summed E-state index contributed by atoms with van der Waals surface area (Å²) in [5, 5.41) is 0. The van der Waals surface area contributed by atoms with Crippen LogP contribution in [0.5, 0.6) is 0 Å². The van der Waals surface area contributed by atoms with E-state index in [1.165, 1.54) is 6.42 Å². The van der Waals surface area contributed by atoms with Crippen molar-refractivity contribution in [2.24, 2.45) is 16.7 Å². The number of carbonyl (C=O) groups excluding carboxylic acids is 1. The summed E-state index contributed by atoms with van der Waals surface area (Å²) >= 11 is 0. The van der Waals surface area contributed by atoms with E-state index in [-0.39, 0.29) is 22.9 Å². The molecule has 3 nitrogen and oxygen atoms in total. The van der Waals surface area contributed by atoms with Crippen LogP contribution in [0, 0.1) is 16.7 Å². The first-order chi connectivity index (χ1) is 10.6. The average molecular weight is 354 g/mol. The van der Waals surface area contributed by atoms with Crippen LogP contribution in [0.2, 0.25) is 17.6 Å². The molecule has 0 aromatic heterocycles. The number of carbonyl (C=O) groups is 1. The first-order valence-electron chi connectivity index (χ1n) is 9.03. The maximum atomic E-state index is 13.1. The summed E-state index contributed by atoms with van der Waals surface area (Å²) in [6, 6.07) is 0. The lowest BCUT2D eigenvalue weighted by Gasteiger charge is -2.36. The molecule has 2 bridgehead atoms. The van der Waals surface area contributed by atoms with Gasteiger partial charge in [-0.3, -0.25) is 4.79 Å². The normalized spacial score (nSPS) is 31.9. The highest BCUT2D eigenvalue weighted by atomic mass is 28.3. The predicted octanol–water partition coefficient (Wildman–Crippen LogP) is 4.61. The second-order valence-corrected chi connectivity index (χ2v) is 12.4. The summed E-state index contributed by atoms with van der Waals surface area (Å²) in [7, 11) is -0.692. The van der Waals surface area contributed by atoms with Gasteiger partial charge in [0.15, 0.2) is 0 Å². The van der Waals surface area contributed by atoms with E-state index >= 15 is 0 Å². The summed E-state index contributed by atoms with van der Waals surface area (Å²) < 4.78 is 12.0. The van der Waals surface area contributed by atoms with Gasteiger partial charge in [-0.1, -0.05) is 27.7 Å². The van der Waals surface area contributed by atoms with Crippen LogP contribution in [0.25, 0.3) is 0 Å². The Kier molecular flexibility index (Phi) is 5.84. The van der Waals surface area contributed by atoms with Gasteiger partial charge in [-0.05, 0) is 68.5 Å². The van der Waals surface area contributed by atoms with E-state index in [2.05, 4.69) is 48.1 Å². The van der Waals surface area contributed by atoms with E-state index in [1.807, 2.05) is 0 Å². The lowest BCUT2D eigenvalue weighted by molar-refractivity contribution is -0.146. The monoisotopic (exact) mass is 353 g/mol. The topological polar surface area (TPSA) is 35.5 Å². The second kappa shape index (κ2) is 7.00. The largest absolute Gasteiger partial charge is 0.517 e. The van der Waals surface area contributed by atoms with Gasteiger partial charge in [-0.25, -0.2) is 0 Å². The van der Waals surface area contributed by atoms with Gasteiger partial charge >= 0.3 is 0 Å². The van der Waals surface area contributed by atoms with Crippen molar-refractivity contribution in [1.82, 2.24) is 0 Å². The number of fused-ring (bicyclic) bond motifs is 2. The molecule has 0 N–H and O–H groups in total. The van der Waals surface area contributed by atoms with Gasteiger partial charge in [-0.2, -0.15) is 0 Å². The Morgan fingerprint density at radius 3 is 2.48 bits per heavy atom. The molecule has 5 heteroatoms. The molecule has 0 saturated heterocycles.